The summed E-state index contributed by atoms with van der Waals surface area (Å²) in [6.45, 7) is 0.980. The summed E-state index contributed by atoms with van der Waals surface area (Å²) in [6, 6.07) is -3.57. The minimum Gasteiger partial charge on any atom is -0.502 e. The van der Waals surface area contributed by atoms with Gasteiger partial charge in [0.1, 0.15) is 24.5 Å². The lowest BCUT2D eigenvalue weighted by molar-refractivity contribution is -0.593. The molecule has 22 heteroatoms. The third-order valence-electron chi connectivity index (χ3n) is 8.52. The van der Waals surface area contributed by atoms with Gasteiger partial charge in [-0.1, -0.05) is 5.16 Å². The molecule has 0 aliphatic carbocycles. The van der Waals surface area contributed by atoms with Crippen molar-refractivity contribution in [2.75, 3.05) is 25.6 Å². The second-order valence-corrected chi connectivity index (χ2v) is 12.3. The van der Waals surface area contributed by atoms with Crippen molar-refractivity contribution in [1.82, 2.24) is 19.9 Å². The number of aliphatic hydroxyl groups is 1. The Balaban J connectivity index is 1.24. The number of anilines is 1. The molecular weight excluding hydrogens is 678 g/mol. The third kappa shape index (κ3) is 5.47. The zero-order chi connectivity index (χ0) is 35.4. The molecule has 2 amide bonds. The van der Waals surface area contributed by atoms with E-state index in [-0.39, 0.29) is 42.6 Å². The summed E-state index contributed by atoms with van der Waals surface area (Å²) in [5.41, 5.74) is -0.112. The van der Waals surface area contributed by atoms with Crippen LogP contribution in [-0.2, 0) is 43.1 Å². The molecule has 3 unspecified atom stereocenters. The predicted octanol–water partition coefficient (Wildman–Crippen LogP) is -2.15. The van der Waals surface area contributed by atoms with Crippen molar-refractivity contribution in [2.24, 2.45) is 5.16 Å². The number of hydrogen-bond acceptors (Lipinski definition) is 15. The van der Waals surface area contributed by atoms with Gasteiger partial charge in [-0.3, -0.25) is 19.2 Å². The number of esters is 1. The number of cyclic esters (lactones) is 1. The third-order valence-corrected chi connectivity index (χ3v) is 9.19. The van der Waals surface area contributed by atoms with Crippen LogP contribution in [0.2, 0.25) is 0 Å². The summed E-state index contributed by atoms with van der Waals surface area (Å²) < 4.78 is 12.6. The van der Waals surface area contributed by atoms with E-state index in [1.807, 2.05) is 0 Å². The predicted molar refractivity (Wildman–Crippen MR) is 158 cm³/mol. The van der Waals surface area contributed by atoms with Crippen LogP contribution in [0.25, 0.3) is 0 Å². The smallest absolute Gasteiger partial charge is 0.455 e. The van der Waals surface area contributed by atoms with Gasteiger partial charge in [-0.05, 0) is 6.92 Å². The normalized spacial score (nSPS) is 26.4. The number of ether oxygens (including phenoxy) is 2. The average molecular weight is 707 g/mol. The first-order valence-electron chi connectivity index (χ1n) is 14.5. The second kappa shape index (κ2) is 12.1. The zero-order valence-electron chi connectivity index (χ0n) is 25.3. The summed E-state index contributed by atoms with van der Waals surface area (Å²) in [5.74, 6) is -7.25. The second-order valence-electron chi connectivity index (χ2n) is 11.4. The van der Waals surface area contributed by atoms with Crippen molar-refractivity contribution in [3.63, 3.8) is 0 Å². The highest BCUT2D eigenvalue weighted by atomic mass is 32.1. The molecule has 2 aromatic rings. The highest BCUT2D eigenvalue weighted by Crippen LogP contribution is 2.38. The number of aromatic nitrogens is 2. The first kappa shape index (κ1) is 33.3. The summed E-state index contributed by atoms with van der Waals surface area (Å²) >= 11 is 0.936. The number of carboxylic acids is 2. The van der Waals surface area contributed by atoms with Crippen LogP contribution in [-0.4, -0.2) is 124 Å². The van der Waals surface area contributed by atoms with E-state index in [0.29, 0.717) is 5.06 Å². The number of fused-ring (bicyclic) bond motifs is 1. The molecule has 49 heavy (non-hydrogen) atoms. The number of rotatable bonds is 9. The van der Waals surface area contributed by atoms with Crippen LogP contribution >= 0.6 is 11.3 Å². The molecule has 6 rings (SSSR count). The number of carboxylic acid groups (broad SMARTS) is 2. The maximum Gasteiger partial charge on any atom is 0.455 e. The fourth-order valence-electron chi connectivity index (χ4n) is 5.88. The number of carbonyl (C=O) groups excluding carboxylic acids is 3. The molecule has 21 nitrogen and oxygen atoms in total. The monoisotopic (exact) mass is 706 g/mol. The van der Waals surface area contributed by atoms with Crippen molar-refractivity contribution < 1.29 is 68.1 Å². The van der Waals surface area contributed by atoms with Crippen molar-refractivity contribution in [1.29, 1.82) is 0 Å². The van der Waals surface area contributed by atoms with Gasteiger partial charge in [-0.15, -0.1) is 11.3 Å². The fraction of sp³-hybridized carbons (Fsp3) is 0.444. The lowest BCUT2D eigenvalue weighted by Crippen LogP contribution is -2.57. The Morgan fingerprint density at radius 3 is 2.53 bits per heavy atom. The molecule has 0 saturated carbocycles. The Kier molecular flexibility index (Phi) is 8.24. The molecule has 6 heterocycles. The summed E-state index contributed by atoms with van der Waals surface area (Å²) in [5, 5.41) is 48.6. The number of thiazole rings is 1. The number of nitrogens with two attached hydrogens (primary N) is 1. The van der Waals surface area contributed by atoms with Gasteiger partial charge in [0, 0.05) is 24.3 Å². The van der Waals surface area contributed by atoms with Gasteiger partial charge in [0.15, 0.2) is 22.6 Å². The number of hydrogen-bond donors (Lipinski definition) is 6. The maximum atomic E-state index is 13.6. The van der Waals surface area contributed by atoms with Gasteiger partial charge in [0.25, 0.3) is 11.8 Å². The largest absolute Gasteiger partial charge is 0.502 e. The topological polar surface area (TPSA) is 295 Å². The highest BCUT2D eigenvalue weighted by molar-refractivity contribution is 7.13. The number of pyridine rings is 1. The van der Waals surface area contributed by atoms with Crippen LogP contribution in [0.3, 0.4) is 0 Å². The zero-order valence-corrected chi connectivity index (χ0v) is 26.1. The molecule has 4 aliphatic rings. The molecular formula is C27H28N7O14S+. The molecule has 0 spiro atoms. The number of carbonyl (C=O) groups is 5. The molecule has 260 valence electrons. The molecule has 3 saturated heterocycles. The van der Waals surface area contributed by atoms with Crippen LogP contribution < -0.4 is 16.5 Å². The first-order chi connectivity index (χ1) is 23.2. The first-order valence-corrected chi connectivity index (χ1v) is 15.4. The molecule has 2 aromatic heterocycles. The van der Waals surface area contributed by atoms with Crippen LogP contribution in [0.5, 0.6) is 5.75 Å². The van der Waals surface area contributed by atoms with Crippen LogP contribution in [0.15, 0.2) is 27.6 Å². The van der Waals surface area contributed by atoms with Gasteiger partial charge < -0.3 is 45.8 Å². The van der Waals surface area contributed by atoms with Crippen LogP contribution in [0, 0.1) is 0 Å². The molecule has 4 aliphatic heterocycles. The molecule has 7 N–H and O–H groups in total. The summed E-state index contributed by atoms with van der Waals surface area (Å²) in [4.78, 5) is 91.7. The van der Waals surface area contributed by atoms with Gasteiger partial charge >= 0.3 is 29.7 Å². The number of aliphatic hydroxyl groups excluding tert-OH is 1. The Morgan fingerprint density at radius 1 is 1.18 bits per heavy atom. The van der Waals surface area contributed by atoms with Crippen molar-refractivity contribution in [2.45, 2.75) is 55.6 Å². The van der Waals surface area contributed by atoms with Gasteiger partial charge in [0.2, 0.25) is 22.8 Å². The average Bonchev–Trinajstić information content (AvgIpc) is 3.80. The number of aliphatic carboxylic acids is 2. The molecule has 0 radical (unpaired) electrons. The molecule has 4 atom stereocenters. The Labute approximate surface area is 277 Å². The quantitative estimate of drug-likeness (QED) is 0.0701. The Hall–Kier alpha value is -5.61. The standard InChI is InChI=1S/C27H27N7O14S/c1-11-14-6-16(35)17(36)8-32(14)25(44)33(11)15-7-27(23(42)43,47-21(15)39)34-20(38)12(9-46-34)29-19(37)18(13-10-49-24(28)30-13)31-48-26(22(40)41)2-4-45-5-3-26/h6,8,10-12,15H,2-5,7,9H2,1H3,(H6,28,29,30,36,37,40,41,42,43)/p+1/b31-18-/t11?,12-,15?,27?/m0/s1. The van der Waals surface area contributed by atoms with E-state index in [1.54, 1.807) is 0 Å². The van der Waals surface area contributed by atoms with Gasteiger partial charge in [-0.25, -0.2) is 23.9 Å². The van der Waals surface area contributed by atoms with E-state index in [2.05, 4.69) is 15.5 Å². The Morgan fingerprint density at radius 2 is 1.90 bits per heavy atom. The summed E-state index contributed by atoms with van der Waals surface area (Å²) in [6.07, 6.45) is -0.00633. The number of hydroxylamine groups is 2. The number of nitrogen functional groups attached to an aromatic ring is 1. The molecule has 0 bridgehead atoms. The number of nitrogens with zero attached hydrogens (tertiary/aromatic N) is 5. The minimum atomic E-state index is -2.76. The van der Waals surface area contributed by atoms with E-state index in [1.165, 1.54) is 12.3 Å². The molecule has 3 fully saturated rings. The lowest BCUT2D eigenvalue weighted by atomic mass is 9.95. The van der Waals surface area contributed by atoms with E-state index in [0.717, 1.165) is 32.7 Å². The SMILES string of the molecule is CC1c2cc(=O)c(O)cn2C(O)=[N+]1C1CC(C(=O)O)(N2OC[C@H](NC(=O)/C(=N\OC3(C(=O)O)CCOCC3)c3csc(N)n3)C2=O)OC1=O. The Bertz CT molecular complexity index is 1900. The van der Waals surface area contributed by atoms with Gasteiger partial charge in [0.05, 0.1) is 19.6 Å². The minimum absolute atomic E-state index is 0.0318. The van der Waals surface area contributed by atoms with Crippen LogP contribution in [0.4, 0.5) is 5.13 Å². The van der Waals surface area contributed by atoms with Crippen molar-refractivity contribution in [3.8, 4) is 5.75 Å². The fourth-order valence-corrected chi connectivity index (χ4v) is 6.42. The van der Waals surface area contributed by atoms with Crippen LogP contribution in [0.1, 0.15) is 43.6 Å². The highest BCUT2D eigenvalue weighted by Gasteiger charge is 2.65. The maximum absolute atomic E-state index is 13.6. The molecule has 0 aromatic carbocycles. The van der Waals surface area contributed by atoms with Crippen molar-refractivity contribution >= 4 is 57.9 Å². The van der Waals surface area contributed by atoms with E-state index in [9.17, 15) is 49.2 Å². The van der Waals surface area contributed by atoms with E-state index >= 15 is 0 Å². The number of nitrogens with one attached hydrogen (secondary N) is 1. The number of aromatic hydroxyl groups is 1. The number of amides is 2. The lowest BCUT2D eigenvalue weighted by Gasteiger charge is -2.30. The van der Waals surface area contributed by atoms with E-state index < -0.39 is 95.1 Å². The number of oxime groups is 1. The van der Waals surface area contributed by atoms with Crippen molar-refractivity contribution in [3.05, 3.63) is 39.3 Å². The van der Waals surface area contributed by atoms with E-state index in [4.69, 9.17) is 24.9 Å². The van der Waals surface area contributed by atoms with Gasteiger partial charge in [-0.2, -0.15) is 9.63 Å². The summed E-state index contributed by atoms with van der Waals surface area (Å²) in [7, 11) is 0.